The third-order valence-corrected chi connectivity index (χ3v) is 5.68. The predicted molar refractivity (Wildman–Crippen MR) is 108 cm³/mol. The van der Waals surface area contributed by atoms with Gasteiger partial charge in [-0.2, -0.15) is 0 Å². The molecule has 0 fully saturated rings. The number of phenols is 1. The Morgan fingerprint density at radius 2 is 1.72 bits per heavy atom. The number of aromatic nitrogens is 2. The van der Waals surface area contributed by atoms with Crippen molar-refractivity contribution >= 4 is 75.4 Å². The highest BCUT2D eigenvalue weighted by Gasteiger charge is 2.19. The number of pyridine rings is 1. The van der Waals surface area contributed by atoms with Crippen molar-refractivity contribution < 1.29 is 9.90 Å². The summed E-state index contributed by atoms with van der Waals surface area (Å²) in [6.07, 6.45) is 1.63. The molecule has 0 aliphatic carbocycles. The Kier molecular flexibility index (Phi) is 4.17. The monoisotopic (exact) mass is 522 g/mol. The second-order valence-corrected chi connectivity index (χ2v) is 8.14. The number of halogens is 3. The summed E-state index contributed by atoms with van der Waals surface area (Å²) < 4.78 is 1.85. The van der Waals surface area contributed by atoms with Crippen molar-refractivity contribution in [2.45, 2.75) is 0 Å². The van der Waals surface area contributed by atoms with Crippen molar-refractivity contribution in [1.29, 1.82) is 0 Å². The molecule has 0 aliphatic heterocycles. The molecule has 2 heterocycles. The second-order valence-electron chi connectivity index (χ2n) is 5.51. The molecule has 2 aromatic heterocycles. The molecule has 0 unspecified atom stereocenters. The van der Waals surface area contributed by atoms with E-state index in [0.29, 0.717) is 25.7 Å². The first-order chi connectivity index (χ1) is 12.0. The van der Waals surface area contributed by atoms with Crippen molar-refractivity contribution in [1.82, 2.24) is 9.97 Å². The Labute approximate surface area is 167 Å². The molecule has 0 radical (unpaired) electrons. The first-order valence-corrected chi connectivity index (χ1v) is 9.62. The Morgan fingerprint density at radius 1 is 1.00 bits per heavy atom. The Balaban J connectivity index is 1.95. The number of fused-ring (bicyclic) bond motifs is 3. The van der Waals surface area contributed by atoms with Crippen LogP contribution in [0.3, 0.4) is 0 Å². The van der Waals surface area contributed by atoms with E-state index in [1.807, 2.05) is 24.3 Å². The molecule has 0 bridgehead atoms. The largest absolute Gasteiger partial charge is 0.506 e. The summed E-state index contributed by atoms with van der Waals surface area (Å²) in [5.74, 6) is -0.171. The van der Waals surface area contributed by atoms with Gasteiger partial charge in [0.15, 0.2) is 0 Å². The van der Waals surface area contributed by atoms with Crippen molar-refractivity contribution in [3.05, 3.63) is 67.3 Å². The fraction of sp³-hybridized carbons (Fsp3) is 0. The Morgan fingerprint density at radius 3 is 2.44 bits per heavy atom. The highest BCUT2D eigenvalue weighted by atomic mass is 79.9. The summed E-state index contributed by atoms with van der Waals surface area (Å²) >= 11 is 9.99. The number of carbonyl (C=O) groups excluding carboxylic acids is 1. The van der Waals surface area contributed by atoms with Crippen molar-refractivity contribution in [3.63, 3.8) is 0 Å². The lowest BCUT2D eigenvalue weighted by atomic mass is 10.1. The van der Waals surface area contributed by atoms with E-state index in [1.165, 1.54) is 0 Å². The van der Waals surface area contributed by atoms with Gasteiger partial charge in [-0.25, -0.2) is 0 Å². The molecule has 4 nitrogen and oxygen atoms in total. The maximum absolute atomic E-state index is 13.0. The van der Waals surface area contributed by atoms with Crippen LogP contribution < -0.4 is 0 Å². The van der Waals surface area contributed by atoms with Gasteiger partial charge in [0.05, 0.1) is 14.5 Å². The summed E-state index contributed by atoms with van der Waals surface area (Å²) in [5.41, 5.74) is 2.40. The van der Waals surface area contributed by atoms with Crippen LogP contribution in [0.4, 0.5) is 0 Å². The molecular formula is C18H9Br3N2O2. The lowest BCUT2D eigenvalue weighted by Crippen LogP contribution is -2.05. The number of aromatic hydroxyl groups is 1. The third-order valence-electron chi connectivity index (χ3n) is 3.98. The average molecular weight is 525 g/mol. The van der Waals surface area contributed by atoms with E-state index >= 15 is 0 Å². The van der Waals surface area contributed by atoms with E-state index in [-0.39, 0.29) is 11.5 Å². The Hall–Kier alpha value is -1.70. The van der Waals surface area contributed by atoms with Crippen LogP contribution in [-0.4, -0.2) is 20.9 Å². The zero-order valence-electron chi connectivity index (χ0n) is 12.5. The molecule has 2 N–H and O–H groups in total. The average Bonchev–Trinajstić information content (AvgIpc) is 2.96. The predicted octanol–water partition coefficient (Wildman–Crippen LogP) is 5.94. The maximum atomic E-state index is 13.0. The number of hydrogen-bond donors (Lipinski definition) is 2. The summed E-state index contributed by atoms with van der Waals surface area (Å²) in [5, 5.41) is 11.8. The van der Waals surface area contributed by atoms with Crippen LogP contribution in [0.1, 0.15) is 16.1 Å². The molecule has 0 atom stereocenters. The van der Waals surface area contributed by atoms with Gasteiger partial charge in [-0.05, 0) is 68.3 Å². The minimum Gasteiger partial charge on any atom is -0.506 e. The molecule has 4 aromatic rings. The first kappa shape index (κ1) is 16.8. The summed E-state index contributed by atoms with van der Waals surface area (Å²) in [6.45, 7) is 0. The van der Waals surface area contributed by atoms with Crippen LogP contribution in [0.15, 0.2) is 56.0 Å². The minimum atomic E-state index is -0.224. The standard InChI is InChI=1S/C18H9Br3N2O2/c19-9-1-2-14-11(7-9)10-3-4-22-16(15(10)23-14)17(24)8-5-12(20)18(25)13(21)6-8/h1-7,23,25H. The molecule has 124 valence electrons. The van der Waals surface area contributed by atoms with Gasteiger partial charge in [-0.1, -0.05) is 15.9 Å². The van der Waals surface area contributed by atoms with Crippen molar-refractivity contribution in [3.8, 4) is 5.75 Å². The third kappa shape index (κ3) is 2.80. The van der Waals surface area contributed by atoms with E-state index in [4.69, 9.17) is 0 Å². The first-order valence-electron chi connectivity index (χ1n) is 7.24. The summed E-state index contributed by atoms with van der Waals surface area (Å²) in [6, 6.07) is 11.0. The van der Waals surface area contributed by atoms with E-state index in [1.54, 1.807) is 18.3 Å². The minimum absolute atomic E-state index is 0.0539. The number of ketones is 1. The lowest BCUT2D eigenvalue weighted by Gasteiger charge is -2.06. The van der Waals surface area contributed by atoms with Crippen LogP contribution in [0, 0.1) is 0 Å². The van der Waals surface area contributed by atoms with Gasteiger partial charge in [0.2, 0.25) is 5.78 Å². The number of nitrogens with one attached hydrogen (secondary N) is 1. The van der Waals surface area contributed by atoms with Gasteiger partial charge in [0.1, 0.15) is 11.4 Å². The molecule has 25 heavy (non-hydrogen) atoms. The number of rotatable bonds is 2. The van der Waals surface area contributed by atoms with Crippen molar-refractivity contribution in [2.24, 2.45) is 0 Å². The van der Waals surface area contributed by atoms with E-state index in [0.717, 1.165) is 20.8 Å². The Bertz CT molecular complexity index is 1140. The SMILES string of the molecule is O=C(c1cc(Br)c(O)c(Br)c1)c1nccc2c1[nH]c1ccc(Br)cc12. The van der Waals surface area contributed by atoms with Crippen LogP contribution in [0.2, 0.25) is 0 Å². The number of hydrogen-bond acceptors (Lipinski definition) is 3. The summed E-state index contributed by atoms with van der Waals surface area (Å²) in [4.78, 5) is 20.6. The number of H-pyrrole nitrogens is 1. The number of phenolic OH excluding ortho intramolecular Hbond substituents is 1. The molecule has 0 saturated heterocycles. The highest BCUT2D eigenvalue weighted by Crippen LogP contribution is 2.35. The molecule has 0 spiro atoms. The smallest absolute Gasteiger partial charge is 0.213 e. The second kappa shape index (κ2) is 6.23. The van der Waals surface area contributed by atoms with Gasteiger partial charge in [-0.15, -0.1) is 0 Å². The molecule has 0 aliphatic rings. The zero-order valence-corrected chi connectivity index (χ0v) is 17.2. The van der Waals surface area contributed by atoms with Crippen LogP contribution in [-0.2, 0) is 0 Å². The fourth-order valence-corrected chi connectivity index (χ4v) is 4.35. The molecular weight excluding hydrogens is 516 g/mol. The van der Waals surface area contributed by atoms with Crippen LogP contribution in [0.25, 0.3) is 21.8 Å². The number of nitrogens with zero attached hydrogens (tertiary/aromatic N) is 1. The molecule has 0 saturated carbocycles. The fourth-order valence-electron chi connectivity index (χ4n) is 2.80. The number of aromatic amines is 1. The van der Waals surface area contributed by atoms with Crippen LogP contribution in [0.5, 0.6) is 5.75 Å². The van der Waals surface area contributed by atoms with Gasteiger partial charge in [0, 0.05) is 32.5 Å². The number of carbonyl (C=O) groups is 1. The molecule has 0 amide bonds. The highest BCUT2D eigenvalue weighted by molar-refractivity contribution is 9.11. The number of benzene rings is 2. The van der Waals surface area contributed by atoms with Gasteiger partial charge < -0.3 is 10.1 Å². The van der Waals surface area contributed by atoms with E-state index < -0.39 is 0 Å². The molecule has 4 rings (SSSR count). The zero-order chi connectivity index (χ0) is 17.7. The lowest BCUT2D eigenvalue weighted by molar-refractivity contribution is 0.103. The van der Waals surface area contributed by atoms with Gasteiger partial charge in [0.25, 0.3) is 0 Å². The summed E-state index contributed by atoms with van der Waals surface area (Å²) in [7, 11) is 0. The normalized spacial score (nSPS) is 11.3. The maximum Gasteiger partial charge on any atom is 0.213 e. The topological polar surface area (TPSA) is 66.0 Å². The molecule has 2 aromatic carbocycles. The van der Waals surface area contributed by atoms with E-state index in [2.05, 4.69) is 57.8 Å². The molecule has 7 heteroatoms. The van der Waals surface area contributed by atoms with Gasteiger partial charge in [-0.3, -0.25) is 9.78 Å². The van der Waals surface area contributed by atoms with Gasteiger partial charge >= 0.3 is 0 Å². The van der Waals surface area contributed by atoms with Crippen molar-refractivity contribution in [2.75, 3.05) is 0 Å². The van der Waals surface area contributed by atoms with Crippen LogP contribution >= 0.6 is 47.8 Å². The van der Waals surface area contributed by atoms with E-state index in [9.17, 15) is 9.90 Å². The quantitative estimate of drug-likeness (QED) is 0.319.